The summed E-state index contributed by atoms with van der Waals surface area (Å²) in [6, 6.07) is 0. The molecule has 28 heavy (non-hydrogen) atoms. The molecular weight excluding hydrogens is 358 g/mol. The summed E-state index contributed by atoms with van der Waals surface area (Å²) in [6.45, 7) is 4.98. The van der Waals surface area contributed by atoms with Crippen molar-refractivity contribution in [2.75, 3.05) is 13.5 Å². The van der Waals surface area contributed by atoms with E-state index in [1.165, 1.54) is 32.6 Å². The third-order valence-corrected chi connectivity index (χ3v) is 3.74. The third kappa shape index (κ3) is 15.2. The highest BCUT2D eigenvalue weighted by molar-refractivity contribution is 6.01. The number of aliphatic imine (C=N–C) groups is 1. The van der Waals surface area contributed by atoms with Crippen molar-refractivity contribution < 1.29 is 23.2 Å². The number of likely N-dealkylation sites (N-methyl/N-ethyl adjacent to an activating group) is 1. The summed E-state index contributed by atoms with van der Waals surface area (Å²) in [6.07, 6.45) is 7.64. The van der Waals surface area contributed by atoms with Crippen LogP contribution in [0, 0.1) is 0 Å². The average molecular weight is 401 g/mol. The number of ketones is 1. The molecule has 0 fully saturated rings. The van der Waals surface area contributed by atoms with Gasteiger partial charge in [-0.1, -0.05) is 51.9 Å². The molecule has 0 rings (SSSR count). The fourth-order valence-electron chi connectivity index (χ4n) is 2.43. The lowest BCUT2D eigenvalue weighted by Gasteiger charge is -2.22. The summed E-state index contributed by atoms with van der Waals surface area (Å²) in [5, 5.41) is 2.39. The second kappa shape index (κ2) is 14.1. The molecule has 162 valence electrons. The fourth-order valence-corrected chi connectivity index (χ4v) is 2.43. The summed E-state index contributed by atoms with van der Waals surface area (Å²) in [5.41, 5.74) is -0.849. The number of carbonyl (C=O) groups excluding carboxylic acids is 3. The summed E-state index contributed by atoms with van der Waals surface area (Å²) < 4.78 is 28.1. The molecule has 7 heteroatoms. The van der Waals surface area contributed by atoms with E-state index in [4.69, 9.17) is 8.85 Å². The van der Waals surface area contributed by atoms with Crippen LogP contribution in [-0.2, 0) is 14.3 Å². The van der Waals surface area contributed by atoms with Crippen molar-refractivity contribution in [1.29, 1.82) is 0 Å². The first-order valence-electron chi connectivity index (χ1n) is 11.6. The Labute approximate surface area is 174 Å². The molecule has 0 aromatic rings. The highest BCUT2D eigenvalue weighted by atomic mass is 16.6. The van der Waals surface area contributed by atoms with Crippen LogP contribution in [-0.4, -0.2) is 47.8 Å². The van der Waals surface area contributed by atoms with Crippen LogP contribution < -0.4 is 5.32 Å². The standard InChI is InChI=1S/C21H39N3O4/c1-7-8-9-10-11-12-13-14-15-18(26)22-19(24(6)16-17(2)25)23-20(27)28-21(3,4)5/h7-16H2,1-6H3,(H,22,23,26,27)/i6D3. The zero-order valence-electron chi connectivity index (χ0n) is 21.1. The lowest BCUT2D eigenvalue weighted by atomic mass is 10.1. The van der Waals surface area contributed by atoms with Crippen molar-refractivity contribution in [2.45, 2.75) is 98.0 Å². The van der Waals surface area contributed by atoms with Crippen LogP contribution in [0.25, 0.3) is 0 Å². The Balaban J connectivity index is 5.07. The number of guanidine groups is 1. The smallest absolute Gasteiger partial charge is 0.437 e. The Morgan fingerprint density at radius 3 is 2.11 bits per heavy atom. The van der Waals surface area contributed by atoms with Gasteiger partial charge in [0.25, 0.3) is 0 Å². The maximum atomic E-state index is 12.4. The van der Waals surface area contributed by atoms with E-state index >= 15 is 0 Å². The van der Waals surface area contributed by atoms with Crippen molar-refractivity contribution in [3.63, 3.8) is 0 Å². The molecule has 0 aliphatic rings. The van der Waals surface area contributed by atoms with Gasteiger partial charge in [0.05, 0.1) is 6.54 Å². The van der Waals surface area contributed by atoms with Gasteiger partial charge in [0.1, 0.15) is 11.4 Å². The Morgan fingerprint density at radius 2 is 1.61 bits per heavy atom. The number of rotatable bonds is 11. The number of amides is 2. The molecule has 0 bridgehead atoms. The zero-order valence-corrected chi connectivity index (χ0v) is 18.1. The van der Waals surface area contributed by atoms with Crippen LogP contribution in [0.3, 0.4) is 0 Å². The van der Waals surface area contributed by atoms with Crippen LogP contribution in [0.4, 0.5) is 4.79 Å². The highest BCUT2D eigenvalue weighted by Crippen LogP contribution is 2.10. The van der Waals surface area contributed by atoms with Gasteiger partial charge in [0, 0.05) is 17.5 Å². The minimum atomic E-state index is -2.78. The Hall–Kier alpha value is -1.92. The number of carbonyl (C=O) groups is 3. The van der Waals surface area contributed by atoms with E-state index in [-0.39, 0.29) is 6.42 Å². The van der Waals surface area contributed by atoms with E-state index in [1.54, 1.807) is 20.8 Å². The molecule has 0 heterocycles. The minimum Gasteiger partial charge on any atom is -0.442 e. The lowest BCUT2D eigenvalue weighted by molar-refractivity contribution is -0.120. The SMILES string of the molecule is [2H]C([2H])([2H])N(CC(C)=O)C(=NC(=O)OC(C)(C)C)NC(=O)CCCCCCCCCC. The number of hydrogen-bond donors (Lipinski definition) is 1. The van der Waals surface area contributed by atoms with E-state index < -0.39 is 42.9 Å². The maximum absolute atomic E-state index is 12.4. The molecule has 0 aliphatic heterocycles. The molecule has 0 atom stereocenters. The lowest BCUT2D eigenvalue weighted by Crippen LogP contribution is -2.44. The van der Waals surface area contributed by atoms with Crippen LogP contribution in [0.2, 0.25) is 0 Å². The van der Waals surface area contributed by atoms with Crippen molar-refractivity contribution >= 4 is 23.7 Å². The topological polar surface area (TPSA) is 88.1 Å². The first-order chi connectivity index (χ1) is 14.3. The number of nitrogens with one attached hydrogen (secondary N) is 1. The number of unbranched alkanes of at least 4 members (excludes halogenated alkanes) is 7. The van der Waals surface area contributed by atoms with Crippen molar-refractivity contribution in [3.05, 3.63) is 0 Å². The predicted molar refractivity (Wildman–Crippen MR) is 112 cm³/mol. The van der Waals surface area contributed by atoms with Crippen LogP contribution in [0.1, 0.15) is 96.5 Å². The van der Waals surface area contributed by atoms with E-state index in [1.807, 2.05) is 0 Å². The number of nitrogens with zero attached hydrogens (tertiary/aromatic N) is 2. The number of ether oxygens (including phenoxy) is 1. The molecule has 2 amide bonds. The van der Waals surface area contributed by atoms with Crippen molar-refractivity contribution in [2.24, 2.45) is 4.99 Å². The van der Waals surface area contributed by atoms with Gasteiger partial charge in [-0.2, -0.15) is 0 Å². The van der Waals surface area contributed by atoms with Crippen LogP contribution in [0.15, 0.2) is 4.99 Å². The maximum Gasteiger partial charge on any atom is 0.437 e. The molecule has 0 saturated carbocycles. The summed E-state index contributed by atoms with van der Waals surface area (Å²) in [5.74, 6) is -1.43. The molecule has 7 nitrogen and oxygen atoms in total. The second-order valence-electron chi connectivity index (χ2n) is 7.98. The average Bonchev–Trinajstić information content (AvgIpc) is 2.58. The van der Waals surface area contributed by atoms with Gasteiger partial charge in [-0.3, -0.25) is 14.9 Å². The quantitative estimate of drug-likeness (QED) is 0.314. The van der Waals surface area contributed by atoms with Gasteiger partial charge in [-0.05, 0) is 34.1 Å². The number of Topliss-reactive ketones (excluding diaryl/α,β-unsaturated/α-hetero) is 1. The summed E-state index contributed by atoms with van der Waals surface area (Å²) in [4.78, 5) is 40.3. The zero-order chi connectivity index (χ0) is 24.1. The van der Waals surface area contributed by atoms with Gasteiger partial charge in [-0.15, -0.1) is 4.99 Å². The van der Waals surface area contributed by atoms with Gasteiger partial charge >= 0.3 is 6.09 Å². The van der Waals surface area contributed by atoms with Gasteiger partial charge in [0.2, 0.25) is 11.9 Å². The molecule has 0 spiro atoms. The van der Waals surface area contributed by atoms with Gasteiger partial charge < -0.3 is 9.64 Å². The molecule has 0 aromatic heterocycles. The molecule has 0 radical (unpaired) electrons. The molecule has 0 aliphatic carbocycles. The van der Waals surface area contributed by atoms with Gasteiger partial charge in [-0.25, -0.2) is 4.79 Å². The molecule has 1 N–H and O–H groups in total. The van der Waals surface area contributed by atoms with Crippen LogP contribution in [0.5, 0.6) is 0 Å². The predicted octanol–water partition coefficient (Wildman–Crippen LogP) is 4.45. The van der Waals surface area contributed by atoms with Crippen molar-refractivity contribution in [1.82, 2.24) is 10.2 Å². The Kier molecular flexibility index (Phi) is 10.5. The summed E-state index contributed by atoms with van der Waals surface area (Å²) in [7, 11) is 0. The number of hydrogen-bond acceptors (Lipinski definition) is 4. The van der Waals surface area contributed by atoms with Crippen molar-refractivity contribution in [3.8, 4) is 0 Å². The highest BCUT2D eigenvalue weighted by Gasteiger charge is 2.19. The Bertz CT molecular complexity index is 614. The van der Waals surface area contributed by atoms with E-state index in [0.29, 0.717) is 11.3 Å². The largest absolute Gasteiger partial charge is 0.442 e. The van der Waals surface area contributed by atoms with Gasteiger partial charge in [0.15, 0.2) is 0 Å². The van der Waals surface area contributed by atoms with Crippen LogP contribution >= 0.6 is 0 Å². The van der Waals surface area contributed by atoms with E-state index in [9.17, 15) is 14.4 Å². The molecule has 0 saturated heterocycles. The minimum absolute atomic E-state index is 0.164. The van der Waals surface area contributed by atoms with E-state index in [2.05, 4.69) is 17.2 Å². The van der Waals surface area contributed by atoms with E-state index in [0.717, 1.165) is 19.3 Å². The first-order valence-corrected chi connectivity index (χ1v) is 10.1. The summed E-state index contributed by atoms with van der Waals surface area (Å²) >= 11 is 0. The fraction of sp³-hybridized carbons (Fsp3) is 0.810. The normalized spacial score (nSPS) is 13.9. The molecular formula is C21H39N3O4. The molecule has 0 aromatic carbocycles. The monoisotopic (exact) mass is 400 g/mol. The second-order valence-corrected chi connectivity index (χ2v) is 7.98. The molecule has 0 unspecified atom stereocenters. The Morgan fingerprint density at radius 1 is 1.04 bits per heavy atom. The first kappa shape index (κ1) is 20.8. The third-order valence-electron chi connectivity index (χ3n) is 3.74.